The van der Waals surface area contributed by atoms with Crippen LogP contribution in [0.1, 0.15) is 53.4 Å². The number of ether oxygens (including phenoxy) is 3. The molecule has 1 aromatic heterocycles. The molecule has 0 bridgehead atoms. The number of nitrogens with zero attached hydrogens (tertiary/aromatic N) is 1. The maximum Gasteiger partial charge on any atom is 0.307 e. The topological polar surface area (TPSA) is 66.8 Å². The number of aromatic nitrogens is 1. The molecule has 6 heteroatoms. The van der Waals surface area contributed by atoms with Gasteiger partial charge in [-0.3, -0.25) is 9.59 Å². The molecule has 0 atom stereocenters. The van der Waals surface area contributed by atoms with Crippen LogP contribution >= 0.6 is 0 Å². The fraction of sp³-hybridized carbons (Fsp3) is 0.179. The number of carbonyl (C=O) groups is 2. The Bertz CT molecular complexity index is 2140. The van der Waals surface area contributed by atoms with Crippen LogP contribution in [0.2, 0.25) is 0 Å². The maximum atomic E-state index is 14.3. The average molecular weight is 598 g/mol. The van der Waals surface area contributed by atoms with Crippen molar-refractivity contribution in [3.63, 3.8) is 0 Å². The molecule has 226 valence electrons. The van der Waals surface area contributed by atoms with Gasteiger partial charge in [0.05, 0.1) is 19.3 Å². The number of rotatable bonds is 9. The Morgan fingerprint density at radius 1 is 0.800 bits per heavy atom. The zero-order valence-electron chi connectivity index (χ0n) is 26.1. The summed E-state index contributed by atoms with van der Waals surface area (Å²) in [6.45, 7) is 8.65. The molecule has 5 aromatic carbocycles. The third-order valence-electron chi connectivity index (χ3n) is 8.24. The van der Waals surface area contributed by atoms with Gasteiger partial charge >= 0.3 is 5.97 Å². The van der Waals surface area contributed by atoms with Crippen LogP contribution in [0.3, 0.4) is 0 Å². The molecule has 1 heterocycles. The molecule has 6 aromatic rings. The quantitative estimate of drug-likeness (QED) is 0.0946. The number of ketones is 1. The lowest BCUT2D eigenvalue weighted by Gasteiger charge is -2.13. The van der Waals surface area contributed by atoms with Crippen molar-refractivity contribution >= 4 is 49.9 Å². The van der Waals surface area contributed by atoms with E-state index in [1.165, 1.54) is 13.2 Å². The molecule has 0 fully saturated rings. The SMILES string of the molecule is CCOc1ccc2ccccc2c1C(=O)c1ccc2c(c1)c1cc(C(=COC(C)=O)c3ccc(OC)cc3C)ccc1n2CC. The van der Waals surface area contributed by atoms with Gasteiger partial charge in [-0.1, -0.05) is 42.5 Å². The van der Waals surface area contributed by atoms with Crippen LogP contribution in [0.15, 0.2) is 97.3 Å². The van der Waals surface area contributed by atoms with Gasteiger partial charge in [-0.15, -0.1) is 0 Å². The molecule has 6 nitrogen and oxygen atoms in total. The lowest BCUT2D eigenvalue weighted by Crippen LogP contribution is -2.06. The van der Waals surface area contributed by atoms with Crippen molar-refractivity contribution in [2.45, 2.75) is 34.2 Å². The molecule has 6 rings (SSSR count). The van der Waals surface area contributed by atoms with Gasteiger partial charge in [0.1, 0.15) is 17.8 Å². The van der Waals surface area contributed by atoms with E-state index in [2.05, 4.69) is 23.6 Å². The van der Waals surface area contributed by atoms with Crippen molar-refractivity contribution in [3.05, 3.63) is 125 Å². The van der Waals surface area contributed by atoms with Gasteiger partial charge < -0.3 is 18.8 Å². The summed E-state index contributed by atoms with van der Waals surface area (Å²) in [6, 6.07) is 29.8. The van der Waals surface area contributed by atoms with Gasteiger partial charge in [0.15, 0.2) is 5.78 Å². The number of hydrogen-bond donors (Lipinski definition) is 0. The molecule has 0 N–H and O–H groups in total. The second-order valence-corrected chi connectivity index (χ2v) is 11.0. The first-order valence-corrected chi connectivity index (χ1v) is 15.1. The first-order chi connectivity index (χ1) is 21.8. The normalized spacial score (nSPS) is 11.7. The highest BCUT2D eigenvalue weighted by Crippen LogP contribution is 2.37. The van der Waals surface area contributed by atoms with E-state index in [0.29, 0.717) is 23.5 Å². The number of aryl methyl sites for hydroxylation is 2. The second kappa shape index (κ2) is 12.3. The molecule has 0 unspecified atom stereocenters. The molecule has 0 spiro atoms. The van der Waals surface area contributed by atoms with Crippen molar-refractivity contribution in [2.75, 3.05) is 13.7 Å². The summed E-state index contributed by atoms with van der Waals surface area (Å²) in [4.78, 5) is 26.1. The Kier molecular flexibility index (Phi) is 8.14. The zero-order chi connectivity index (χ0) is 31.7. The van der Waals surface area contributed by atoms with Crippen molar-refractivity contribution in [3.8, 4) is 11.5 Å². The fourth-order valence-electron chi connectivity index (χ4n) is 6.15. The minimum atomic E-state index is -0.398. The van der Waals surface area contributed by atoms with Crippen LogP contribution in [0.5, 0.6) is 11.5 Å². The van der Waals surface area contributed by atoms with Crippen LogP contribution in [0.4, 0.5) is 0 Å². The van der Waals surface area contributed by atoms with Crippen molar-refractivity contribution in [1.82, 2.24) is 4.57 Å². The van der Waals surface area contributed by atoms with Gasteiger partial charge in [0.25, 0.3) is 0 Å². The number of esters is 1. The van der Waals surface area contributed by atoms with E-state index >= 15 is 0 Å². The summed E-state index contributed by atoms with van der Waals surface area (Å²) in [6.07, 6.45) is 1.52. The maximum absolute atomic E-state index is 14.3. The van der Waals surface area contributed by atoms with Gasteiger partial charge in [0, 0.05) is 46.4 Å². The predicted octanol–water partition coefficient (Wildman–Crippen LogP) is 8.87. The van der Waals surface area contributed by atoms with E-state index in [9.17, 15) is 9.59 Å². The number of hydrogen-bond acceptors (Lipinski definition) is 5. The molecule has 0 saturated heterocycles. The van der Waals surface area contributed by atoms with Crippen molar-refractivity contribution in [2.24, 2.45) is 0 Å². The van der Waals surface area contributed by atoms with Crippen LogP contribution < -0.4 is 9.47 Å². The summed E-state index contributed by atoms with van der Waals surface area (Å²) in [7, 11) is 1.64. The van der Waals surface area contributed by atoms with Crippen LogP contribution in [-0.2, 0) is 16.1 Å². The Balaban J connectivity index is 1.54. The van der Waals surface area contributed by atoms with E-state index < -0.39 is 5.97 Å². The highest BCUT2D eigenvalue weighted by Gasteiger charge is 2.21. The molecule has 0 aliphatic rings. The number of methoxy groups -OCH3 is 1. The first kappa shape index (κ1) is 29.7. The van der Waals surface area contributed by atoms with Crippen molar-refractivity contribution < 1.29 is 23.8 Å². The zero-order valence-corrected chi connectivity index (χ0v) is 26.1. The predicted molar refractivity (Wildman–Crippen MR) is 180 cm³/mol. The monoisotopic (exact) mass is 597 g/mol. The third-order valence-corrected chi connectivity index (χ3v) is 8.24. The Labute approximate surface area is 262 Å². The first-order valence-electron chi connectivity index (χ1n) is 15.1. The molecule has 45 heavy (non-hydrogen) atoms. The summed E-state index contributed by atoms with van der Waals surface area (Å²) >= 11 is 0. The standard InChI is InChI=1S/C39H35NO5/c1-6-40-35-17-12-27(34(23-45-25(4)41)30-16-15-29(43-5)20-24(30)3)21-32(35)33-22-28(13-18-36(33)40)39(42)38-31-11-9-8-10-26(31)14-19-37(38)44-7-2/h8-23H,6-7H2,1-5H3. The fourth-order valence-corrected chi connectivity index (χ4v) is 6.15. The van der Waals surface area contributed by atoms with Gasteiger partial charge in [-0.2, -0.15) is 0 Å². The number of fused-ring (bicyclic) bond motifs is 4. The van der Waals surface area contributed by atoms with Gasteiger partial charge in [0.2, 0.25) is 0 Å². The highest BCUT2D eigenvalue weighted by atomic mass is 16.5. The summed E-state index contributed by atoms with van der Waals surface area (Å²) < 4.78 is 19.0. The van der Waals surface area contributed by atoms with Gasteiger partial charge in [-0.05, 0) is 96.8 Å². The number of carbonyl (C=O) groups excluding carboxylic acids is 2. The molecular formula is C39H35NO5. The summed E-state index contributed by atoms with van der Waals surface area (Å²) in [5.41, 5.74) is 6.81. The lowest BCUT2D eigenvalue weighted by atomic mass is 9.93. The van der Waals surface area contributed by atoms with E-state index in [1.54, 1.807) is 7.11 Å². The Hall–Kier alpha value is -5.36. The van der Waals surface area contributed by atoms with E-state index in [1.807, 2.05) is 92.7 Å². The Morgan fingerprint density at radius 2 is 1.51 bits per heavy atom. The van der Waals surface area contributed by atoms with Crippen molar-refractivity contribution in [1.29, 1.82) is 0 Å². The Morgan fingerprint density at radius 3 is 2.18 bits per heavy atom. The molecule has 0 aliphatic heterocycles. The number of benzene rings is 5. The highest BCUT2D eigenvalue weighted by molar-refractivity contribution is 6.20. The molecule has 0 amide bonds. The largest absolute Gasteiger partial charge is 0.497 e. The van der Waals surface area contributed by atoms with E-state index in [4.69, 9.17) is 14.2 Å². The molecule has 0 saturated carbocycles. The molecule has 0 aliphatic carbocycles. The molecular weight excluding hydrogens is 562 g/mol. The third kappa shape index (κ3) is 5.44. The van der Waals surface area contributed by atoms with Gasteiger partial charge in [-0.25, -0.2) is 0 Å². The van der Waals surface area contributed by atoms with Crippen LogP contribution in [0, 0.1) is 6.92 Å². The smallest absolute Gasteiger partial charge is 0.307 e. The second-order valence-electron chi connectivity index (χ2n) is 11.0. The minimum absolute atomic E-state index is 0.0880. The minimum Gasteiger partial charge on any atom is -0.497 e. The van der Waals surface area contributed by atoms with Crippen LogP contribution in [0.25, 0.3) is 38.2 Å². The average Bonchev–Trinajstić information content (AvgIpc) is 3.37. The van der Waals surface area contributed by atoms with E-state index in [0.717, 1.165) is 67.1 Å². The lowest BCUT2D eigenvalue weighted by molar-refractivity contribution is -0.135. The molecule has 0 radical (unpaired) electrons. The summed E-state index contributed by atoms with van der Waals surface area (Å²) in [5.74, 6) is 0.843. The summed E-state index contributed by atoms with van der Waals surface area (Å²) in [5, 5.41) is 3.82. The van der Waals surface area contributed by atoms with Crippen LogP contribution in [-0.4, -0.2) is 30.0 Å². The van der Waals surface area contributed by atoms with E-state index in [-0.39, 0.29) is 5.78 Å².